The van der Waals surface area contributed by atoms with E-state index >= 15 is 0 Å². The van der Waals surface area contributed by atoms with Crippen LogP contribution < -0.4 is 4.74 Å². The Balaban J connectivity index is 2.09. The topological polar surface area (TPSA) is 33.0 Å². The van der Waals surface area contributed by atoms with Gasteiger partial charge in [-0.1, -0.05) is 98.1 Å². The molecule has 0 aliphatic rings. The molecule has 0 saturated carbocycles. The van der Waals surface area contributed by atoms with Gasteiger partial charge in [0.25, 0.3) is 0 Å². The van der Waals surface area contributed by atoms with Gasteiger partial charge in [0.15, 0.2) is 0 Å². The lowest BCUT2D eigenvalue weighted by Crippen LogP contribution is -2.30. The van der Waals surface area contributed by atoms with Crippen LogP contribution in [0.1, 0.15) is 55.2 Å². The van der Waals surface area contributed by atoms with Gasteiger partial charge in [0.05, 0.1) is 13.2 Å². The van der Waals surface area contributed by atoms with E-state index in [9.17, 15) is 0 Å². The summed E-state index contributed by atoms with van der Waals surface area (Å²) in [6, 6.07) is 32.2. The van der Waals surface area contributed by atoms with E-state index < -0.39 is 0 Å². The molecule has 0 aliphatic carbocycles. The smallest absolute Gasteiger partial charge is 0.123 e. The number of nitriles is 1. The van der Waals surface area contributed by atoms with E-state index in [4.69, 9.17) is 10.00 Å². The van der Waals surface area contributed by atoms with E-state index in [1.807, 2.05) is 6.07 Å². The fourth-order valence-corrected chi connectivity index (χ4v) is 4.29. The van der Waals surface area contributed by atoms with E-state index in [1.165, 1.54) is 16.7 Å². The number of hydrogen-bond acceptors (Lipinski definition) is 2. The number of hydrogen-bond donors (Lipinski definition) is 0. The van der Waals surface area contributed by atoms with Gasteiger partial charge in [0.1, 0.15) is 5.75 Å². The summed E-state index contributed by atoms with van der Waals surface area (Å²) in [5.41, 5.74) is 3.50. The van der Waals surface area contributed by atoms with Gasteiger partial charge < -0.3 is 4.74 Å². The molecule has 0 amide bonds. The molecular formula is C27H29NO. The first-order valence-corrected chi connectivity index (χ1v) is 10.4. The molecule has 0 N–H and O–H groups in total. The SMILES string of the molecule is COc1ccccc1C(CCCCCCC#N)(c1ccccc1)c1ccccc1. The third kappa shape index (κ3) is 4.69. The first-order chi connectivity index (χ1) is 14.3. The van der Waals surface area contributed by atoms with Crippen LogP contribution in [-0.4, -0.2) is 7.11 Å². The molecule has 3 aromatic rings. The monoisotopic (exact) mass is 383 g/mol. The summed E-state index contributed by atoms with van der Waals surface area (Å²) in [5.74, 6) is 0.921. The molecule has 0 radical (unpaired) electrons. The lowest BCUT2D eigenvalue weighted by atomic mass is 9.66. The van der Waals surface area contributed by atoms with Crippen LogP contribution in [0.2, 0.25) is 0 Å². The molecule has 0 heterocycles. The lowest BCUT2D eigenvalue weighted by molar-refractivity contribution is 0.395. The normalized spacial score (nSPS) is 11.0. The number of nitrogens with zero attached hydrogens (tertiary/aromatic N) is 1. The number of rotatable bonds is 10. The Hall–Kier alpha value is -3.05. The van der Waals surface area contributed by atoms with Crippen LogP contribution in [0.4, 0.5) is 0 Å². The zero-order valence-electron chi connectivity index (χ0n) is 17.2. The van der Waals surface area contributed by atoms with Crippen LogP contribution in [0.25, 0.3) is 0 Å². The van der Waals surface area contributed by atoms with Gasteiger partial charge in [0, 0.05) is 17.4 Å². The van der Waals surface area contributed by atoms with Gasteiger partial charge in [0.2, 0.25) is 0 Å². The van der Waals surface area contributed by atoms with Crippen LogP contribution in [0.15, 0.2) is 84.9 Å². The van der Waals surface area contributed by atoms with E-state index in [-0.39, 0.29) is 5.41 Å². The van der Waals surface area contributed by atoms with E-state index in [0.29, 0.717) is 6.42 Å². The predicted octanol–water partition coefficient (Wildman–Crippen LogP) is 6.89. The van der Waals surface area contributed by atoms with Gasteiger partial charge in [-0.25, -0.2) is 0 Å². The van der Waals surface area contributed by atoms with Gasteiger partial charge >= 0.3 is 0 Å². The van der Waals surface area contributed by atoms with Crippen molar-refractivity contribution in [3.05, 3.63) is 102 Å². The quantitative estimate of drug-likeness (QED) is 0.282. The molecule has 29 heavy (non-hydrogen) atoms. The summed E-state index contributed by atoms with van der Waals surface area (Å²) in [4.78, 5) is 0. The second-order valence-corrected chi connectivity index (χ2v) is 7.41. The first kappa shape index (κ1) is 20.7. The molecule has 0 bridgehead atoms. The van der Waals surface area contributed by atoms with Crippen molar-refractivity contribution in [2.45, 2.75) is 43.9 Å². The molecule has 0 fully saturated rings. The Labute approximate surface area is 174 Å². The Bertz CT molecular complexity index is 873. The minimum absolute atomic E-state index is 0.273. The van der Waals surface area contributed by atoms with Gasteiger partial charge in [-0.15, -0.1) is 0 Å². The fraction of sp³-hybridized carbons (Fsp3) is 0.296. The molecule has 0 spiro atoms. The van der Waals surface area contributed by atoms with Crippen molar-refractivity contribution in [2.24, 2.45) is 0 Å². The maximum Gasteiger partial charge on any atom is 0.123 e. The Morgan fingerprint density at radius 2 is 1.28 bits per heavy atom. The lowest BCUT2D eigenvalue weighted by Gasteiger charge is -2.37. The Kier molecular flexibility index (Phi) is 7.47. The maximum atomic E-state index is 8.79. The fourth-order valence-electron chi connectivity index (χ4n) is 4.29. The molecule has 148 valence electrons. The molecular weight excluding hydrogens is 354 g/mol. The molecule has 0 atom stereocenters. The predicted molar refractivity (Wildman–Crippen MR) is 119 cm³/mol. The first-order valence-electron chi connectivity index (χ1n) is 10.4. The standard InChI is InChI=1S/C27H29NO/c1-29-26-20-12-11-19-25(26)27(23-15-7-5-8-16-23,24-17-9-6-10-18-24)21-13-3-2-4-14-22-28/h5-12,15-20H,2-4,13-14,21H2,1H3. The summed E-state index contributed by atoms with van der Waals surface area (Å²) < 4.78 is 5.82. The second-order valence-electron chi connectivity index (χ2n) is 7.41. The summed E-state index contributed by atoms with van der Waals surface area (Å²) in [6.45, 7) is 0. The zero-order valence-corrected chi connectivity index (χ0v) is 17.2. The molecule has 2 nitrogen and oxygen atoms in total. The van der Waals surface area contributed by atoms with Gasteiger partial charge in [-0.2, -0.15) is 5.26 Å². The molecule has 0 aliphatic heterocycles. The summed E-state index contributed by atoms with van der Waals surface area (Å²) in [5, 5.41) is 8.79. The third-order valence-corrected chi connectivity index (χ3v) is 5.69. The highest BCUT2D eigenvalue weighted by molar-refractivity contribution is 5.55. The summed E-state index contributed by atoms with van der Waals surface area (Å²) in [7, 11) is 1.75. The number of ether oxygens (including phenoxy) is 1. The molecule has 3 aromatic carbocycles. The average Bonchev–Trinajstić information content (AvgIpc) is 2.80. The average molecular weight is 384 g/mol. The number of para-hydroxylation sites is 1. The van der Waals surface area contributed by atoms with Crippen molar-refractivity contribution >= 4 is 0 Å². The van der Waals surface area contributed by atoms with Crippen LogP contribution >= 0.6 is 0 Å². The number of methoxy groups -OCH3 is 1. The highest BCUT2D eigenvalue weighted by atomic mass is 16.5. The Morgan fingerprint density at radius 1 is 0.724 bits per heavy atom. The minimum Gasteiger partial charge on any atom is -0.496 e. The van der Waals surface area contributed by atoms with Crippen molar-refractivity contribution in [3.63, 3.8) is 0 Å². The number of unbranched alkanes of at least 4 members (excludes halogenated alkanes) is 4. The molecule has 2 heteroatoms. The van der Waals surface area contributed by atoms with Crippen molar-refractivity contribution in [2.75, 3.05) is 7.11 Å². The Morgan fingerprint density at radius 3 is 1.86 bits per heavy atom. The largest absolute Gasteiger partial charge is 0.496 e. The molecule has 0 unspecified atom stereocenters. The number of benzene rings is 3. The van der Waals surface area contributed by atoms with Crippen molar-refractivity contribution in [1.29, 1.82) is 5.26 Å². The summed E-state index contributed by atoms with van der Waals surface area (Å²) in [6.07, 6.45) is 5.93. The van der Waals surface area contributed by atoms with Crippen LogP contribution in [0, 0.1) is 11.3 Å². The van der Waals surface area contributed by atoms with Crippen LogP contribution in [0.3, 0.4) is 0 Å². The second kappa shape index (κ2) is 10.5. The zero-order chi connectivity index (χ0) is 20.4. The minimum atomic E-state index is -0.273. The van der Waals surface area contributed by atoms with Gasteiger partial charge in [-0.3, -0.25) is 0 Å². The van der Waals surface area contributed by atoms with Gasteiger partial charge in [-0.05, 0) is 30.0 Å². The highest BCUT2D eigenvalue weighted by Gasteiger charge is 2.37. The third-order valence-electron chi connectivity index (χ3n) is 5.69. The van der Waals surface area contributed by atoms with Crippen molar-refractivity contribution in [1.82, 2.24) is 0 Å². The van der Waals surface area contributed by atoms with Crippen molar-refractivity contribution < 1.29 is 4.74 Å². The van der Waals surface area contributed by atoms with E-state index in [0.717, 1.165) is 37.9 Å². The highest BCUT2D eigenvalue weighted by Crippen LogP contribution is 2.46. The van der Waals surface area contributed by atoms with Crippen molar-refractivity contribution in [3.8, 4) is 11.8 Å². The van der Waals surface area contributed by atoms with E-state index in [2.05, 4.69) is 84.9 Å². The molecule has 3 rings (SSSR count). The van der Waals surface area contributed by atoms with Crippen LogP contribution in [0.5, 0.6) is 5.75 Å². The van der Waals surface area contributed by atoms with Crippen LogP contribution in [-0.2, 0) is 5.41 Å². The summed E-state index contributed by atoms with van der Waals surface area (Å²) >= 11 is 0. The molecule has 0 aromatic heterocycles. The molecule has 0 saturated heterocycles. The van der Waals surface area contributed by atoms with E-state index in [1.54, 1.807) is 7.11 Å². The maximum absolute atomic E-state index is 8.79.